The molecule has 0 atom stereocenters. The van der Waals surface area contributed by atoms with E-state index in [0.29, 0.717) is 0 Å². The minimum Gasteiger partial charge on any atom is -0.319 e. The number of nitrogens with zero attached hydrogens (tertiary/aromatic N) is 3. The third-order valence-corrected chi connectivity index (χ3v) is 6.38. The quantitative estimate of drug-likeness (QED) is 0.669. The van der Waals surface area contributed by atoms with Crippen LogP contribution in [-0.2, 0) is 35.3 Å². The summed E-state index contributed by atoms with van der Waals surface area (Å²) in [6.07, 6.45) is 0. The molecule has 0 unspecified atom stereocenters. The van der Waals surface area contributed by atoms with Gasteiger partial charge < -0.3 is 9.13 Å². The topological polar surface area (TPSA) is 56.4 Å². The van der Waals surface area contributed by atoms with E-state index in [4.69, 9.17) is 0 Å². The maximum atomic E-state index is 12.3. The molecule has 0 N–H and O–H groups in total. The number of sulfonamides is 1. The average Bonchev–Trinajstić information content (AvgIpc) is 2.78. The number of hydrogen-bond donors (Lipinski definition) is 0. The summed E-state index contributed by atoms with van der Waals surface area (Å²) in [6, 6.07) is 14.6. The molecule has 0 radical (unpaired) electrons. The number of para-hydroxylation sites is 2. The van der Waals surface area contributed by atoms with Crippen molar-refractivity contribution in [1.82, 2.24) is 9.13 Å². The lowest BCUT2D eigenvalue weighted by molar-refractivity contribution is 0.598. The van der Waals surface area contributed by atoms with Crippen molar-refractivity contribution < 1.29 is 8.42 Å². The lowest BCUT2D eigenvalue weighted by Crippen LogP contribution is -1.97. The summed E-state index contributed by atoms with van der Waals surface area (Å²) in [7, 11) is 0.118. The predicted octanol–water partition coefficient (Wildman–Crippen LogP) is 3.01. The molecule has 0 bridgehead atoms. The molecule has 2 aromatic carbocycles. The van der Waals surface area contributed by atoms with Crippen molar-refractivity contribution in [2.45, 2.75) is 11.8 Å². The lowest BCUT2D eigenvalue weighted by atomic mass is 10.2. The van der Waals surface area contributed by atoms with E-state index < -0.39 is 10.0 Å². The normalized spacial score (nSPS) is 11.6. The Labute approximate surface area is 138 Å². The molecular weight excluding hydrogens is 330 g/mol. The fraction of sp³-hybridized carbons (Fsp3) is 0.188. The van der Waals surface area contributed by atoms with Crippen molar-refractivity contribution in [1.29, 1.82) is 0 Å². The molecule has 0 spiro atoms. The SMILES string of the molecule is Cc1ccc(S(=O)(=O)N=S=c2n(C)c3ccccc3n2C)cc1. The van der Waals surface area contributed by atoms with Gasteiger partial charge in [-0.15, -0.1) is 0 Å². The van der Waals surface area contributed by atoms with Gasteiger partial charge in [0.05, 0.1) is 15.9 Å². The number of aryl methyl sites for hydroxylation is 3. The van der Waals surface area contributed by atoms with Crippen LogP contribution in [0.4, 0.5) is 0 Å². The first-order chi connectivity index (χ1) is 10.9. The summed E-state index contributed by atoms with van der Waals surface area (Å²) in [4.78, 5) is 0.206. The van der Waals surface area contributed by atoms with E-state index in [-0.39, 0.29) is 4.90 Å². The Bertz CT molecular complexity index is 1040. The molecule has 3 rings (SSSR count). The summed E-state index contributed by atoms with van der Waals surface area (Å²) in [5, 5.41) is 0. The zero-order chi connectivity index (χ0) is 16.6. The third-order valence-electron chi connectivity index (χ3n) is 3.71. The Morgan fingerprint density at radius 1 is 0.913 bits per heavy atom. The highest BCUT2D eigenvalue weighted by molar-refractivity contribution is 7.93. The molecule has 7 heteroatoms. The van der Waals surface area contributed by atoms with Gasteiger partial charge in [-0.05, 0) is 31.2 Å². The largest absolute Gasteiger partial charge is 0.319 e. The van der Waals surface area contributed by atoms with Gasteiger partial charge in [-0.25, -0.2) is 0 Å². The molecule has 1 heterocycles. The van der Waals surface area contributed by atoms with Crippen LogP contribution in [0.5, 0.6) is 0 Å². The second kappa shape index (κ2) is 5.82. The van der Waals surface area contributed by atoms with Crippen LogP contribution in [0.2, 0.25) is 0 Å². The van der Waals surface area contributed by atoms with E-state index >= 15 is 0 Å². The van der Waals surface area contributed by atoms with Crippen LogP contribution in [0.1, 0.15) is 5.56 Å². The molecule has 3 aromatic rings. The second-order valence-corrected chi connectivity index (χ2v) is 7.91. The fourth-order valence-corrected chi connectivity index (χ4v) is 4.35. The molecule has 0 saturated heterocycles. The van der Waals surface area contributed by atoms with Gasteiger partial charge in [0.15, 0.2) is 4.77 Å². The molecule has 120 valence electrons. The molecule has 0 aliphatic carbocycles. The number of fused-ring (bicyclic) bond motifs is 1. The maximum absolute atomic E-state index is 12.3. The number of rotatable bonds is 2. The Kier molecular flexibility index (Phi) is 3.99. The fourth-order valence-electron chi connectivity index (χ4n) is 2.42. The maximum Gasteiger partial charge on any atom is 0.292 e. The van der Waals surface area contributed by atoms with Crippen LogP contribution in [-0.4, -0.2) is 17.6 Å². The summed E-state index contributed by atoms with van der Waals surface area (Å²) < 4.78 is 33.2. The molecule has 5 nitrogen and oxygen atoms in total. The van der Waals surface area contributed by atoms with Crippen LogP contribution >= 0.6 is 0 Å². The van der Waals surface area contributed by atoms with E-state index in [1.807, 2.05) is 54.4 Å². The van der Waals surface area contributed by atoms with Gasteiger partial charge in [-0.1, -0.05) is 33.6 Å². The van der Waals surface area contributed by atoms with Crippen molar-refractivity contribution in [2.24, 2.45) is 17.9 Å². The van der Waals surface area contributed by atoms with E-state index in [1.54, 1.807) is 24.3 Å². The van der Waals surface area contributed by atoms with Gasteiger partial charge >= 0.3 is 0 Å². The molecule has 0 aliphatic rings. The van der Waals surface area contributed by atoms with Crippen LogP contribution in [0.3, 0.4) is 0 Å². The summed E-state index contributed by atoms with van der Waals surface area (Å²) in [5.74, 6) is 0. The summed E-state index contributed by atoms with van der Waals surface area (Å²) in [6.45, 7) is 1.91. The Morgan fingerprint density at radius 2 is 1.43 bits per heavy atom. The predicted molar refractivity (Wildman–Crippen MR) is 93.3 cm³/mol. The molecule has 23 heavy (non-hydrogen) atoms. The standard InChI is InChI=1S/C16H17N3O2S2/c1-12-8-10-13(11-9-12)23(20,21)17-22-16-18(2)14-6-4-5-7-15(14)19(16)3/h4-11H,1-3H3. The van der Waals surface area contributed by atoms with E-state index in [1.165, 1.54) is 0 Å². The monoisotopic (exact) mass is 347 g/mol. The smallest absolute Gasteiger partial charge is 0.292 e. The van der Waals surface area contributed by atoms with Crippen molar-refractivity contribution in [3.8, 4) is 0 Å². The first-order valence-electron chi connectivity index (χ1n) is 7.04. The van der Waals surface area contributed by atoms with Gasteiger partial charge in [-0.3, -0.25) is 0 Å². The Balaban J connectivity index is 2.22. The van der Waals surface area contributed by atoms with Crippen molar-refractivity contribution >= 4 is 32.2 Å². The van der Waals surface area contributed by atoms with Gasteiger partial charge in [0.25, 0.3) is 10.0 Å². The molecule has 0 aliphatic heterocycles. The molecule has 0 amide bonds. The molecule has 0 fully saturated rings. The number of hydrogen-bond acceptors (Lipinski definition) is 2. The lowest BCUT2D eigenvalue weighted by Gasteiger charge is -1.97. The number of imidazole rings is 1. The molecular formula is C16H17N3O2S2. The first kappa shape index (κ1) is 15.8. The minimum absolute atomic E-state index is 0.206. The highest BCUT2D eigenvalue weighted by Gasteiger charge is 2.11. The van der Waals surface area contributed by atoms with Crippen molar-refractivity contribution in [2.75, 3.05) is 0 Å². The first-order valence-corrected chi connectivity index (χ1v) is 9.26. The van der Waals surface area contributed by atoms with E-state index in [2.05, 4.69) is 3.77 Å². The highest BCUT2D eigenvalue weighted by atomic mass is 32.2. The minimum atomic E-state index is -3.68. The van der Waals surface area contributed by atoms with E-state index in [9.17, 15) is 8.42 Å². The average molecular weight is 347 g/mol. The second-order valence-electron chi connectivity index (χ2n) is 5.34. The summed E-state index contributed by atoms with van der Waals surface area (Å²) in [5.41, 5.74) is 3.07. The zero-order valence-electron chi connectivity index (χ0n) is 13.1. The van der Waals surface area contributed by atoms with Crippen LogP contribution in [0.15, 0.2) is 57.2 Å². The van der Waals surface area contributed by atoms with Crippen LogP contribution < -0.4 is 0 Å². The zero-order valence-corrected chi connectivity index (χ0v) is 14.7. The Hall–Kier alpha value is -2.12. The molecule has 0 saturated carbocycles. The Morgan fingerprint density at radius 3 is 1.96 bits per heavy atom. The van der Waals surface area contributed by atoms with Gasteiger partial charge in [-0.2, -0.15) is 8.42 Å². The third kappa shape index (κ3) is 2.89. The molecule has 1 aromatic heterocycles. The summed E-state index contributed by atoms with van der Waals surface area (Å²) >= 11 is 0.968. The van der Waals surface area contributed by atoms with Crippen molar-refractivity contribution in [3.63, 3.8) is 0 Å². The van der Waals surface area contributed by atoms with Gasteiger partial charge in [0, 0.05) is 25.2 Å². The highest BCUT2D eigenvalue weighted by Crippen LogP contribution is 2.15. The van der Waals surface area contributed by atoms with E-state index in [0.717, 1.165) is 32.5 Å². The van der Waals surface area contributed by atoms with Gasteiger partial charge in [0.2, 0.25) is 0 Å². The number of aromatic nitrogens is 2. The van der Waals surface area contributed by atoms with Crippen LogP contribution in [0.25, 0.3) is 11.0 Å². The van der Waals surface area contributed by atoms with Crippen LogP contribution in [0, 0.1) is 11.7 Å². The van der Waals surface area contributed by atoms with Gasteiger partial charge in [0.1, 0.15) is 0 Å². The van der Waals surface area contributed by atoms with Crippen molar-refractivity contribution in [3.05, 3.63) is 58.9 Å². The number of benzene rings is 2.